The summed E-state index contributed by atoms with van der Waals surface area (Å²) < 4.78 is 78.8. The zero-order chi connectivity index (χ0) is 21.9. The first-order valence-electron chi connectivity index (χ1n) is 9.38. The minimum absolute atomic E-state index is 0.112. The molecule has 1 fully saturated rings. The molecule has 10 heteroatoms. The van der Waals surface area contributed by atoms with Gasteiger partial charge in [-0.3, -0.25) is 4.99 Å². The van der Waals surface area contributed by atoms with E-state index < -0.39 is 23.5 Å². The highest BCUT2D eigenvalue weighted by molar-refractivity contribution is 5.94. The second-order valence-electron chi connectivity index (χ2n) is 7.98. The van der Waals surface area contributed by atoms with Crippen molar-refractivity contribution < 1.29 is 26.3 Å². The number of piperidine rings is 1. The topological polar surface area (TPSA) is 53.6 Å². The molecule has 2 rings (SSSR count). The first-order valence-corrected chi connectivity index (χ1v) is 9.38. The molecule has 1 aliphatic rings. The Kier molecular flexibility index (Phi) is 7.08. The lowest BCUT2D eigenvalue weighted by Crippen LogP contribution is -2.41. The minimum Gasteiger partial charge on any atom is -0.343 e. The summed E-state index contributed by atoms with van der Waals surface area (Å²) in [4.78, 5) is 6.31. The molecule has 29 heavy (non-hydrogen) atoms. The fourth-order valence-corrected chi connectivity index (χ4v) is 2.83. The highest BCUT2D eigenvalue weighted by atomic mass is 19.4. The molecule has 1 saturated heterocycles. The molecule has 0 spiro atoms. The van der Waals surface area contributed by atoms with Crippen LogP contribution in [0.25, 0.3) is 0 Å². The molecular formula is C19H26F6N4. The molecule has 0 radical (unpaired) electrons. The van der Waals surface area contributed by atoms with Gasteiger partial charge in [-0.25, -0.2) is 0 Å². The number of rotatable bonds is 4. The van der Waals surface area contributed by atoms with Crippen molar-refractivity contribution in [1.82, 2.24) is 4.90 Å². The van der Waals surface area contributed by atoms with Crippen molar-refractivity contribution in [2.45, 2.75) is 45.5 Å². The number of guanidine groups is 1. The van der Waals surface area contributed by atoms with Gasteiger partial charge in [-0.05, 0) is 49.4 Å². The first kappa shape index (κ1) is 23.3. The SMILES string of the molecule is CC(C)(CN)CN=C(Nc1cc(C(F)(F)F)cc(C(F)(F)F)c1)N1CCCCC1. The third-order valence-corrected chi connectivity index (χ3v) is 4.71. The fraction of sp³-hybridized carbons (Fsp3) is 0.632. The summed E-state index contributed by atoms with van der Waals surface area (Å²) in [7, 11) is 0. The van der Waals surface area contributed by atoms with Crippen LogP contribution in [0.15, 0.2) is 23.2 Å². The lowest BCUT2D eigenvalue weighted by Gasteiger charge is -2.31. The Morgan fingerprint density at radius 2 is 1.48 bits per heavy atom. The summed E-state index contributed by atoms with van der Waals surface area (Å²) >= 11 is 0. The number of hydrogen-bond acceptors (Lipinski definition) is 2. The molecule has 1 aliphatic heterocycles. The minimum atomic E-state index is -4.90. The Hall–Kier alpha value is -1.97. The van der Waals surface area contributed by atoms with Gasteiger partial charge in [0, 0.05) is 25.3 Å². The molecule has 4 nitrogen and oxygen atoms in total. The van der Waals surface area contributed by atoms with Gasteiger partial charge >= 0.3 is 12.4 Å². The second-order valence-corrected chi connectivity index (χ2v) is 7.98. The standard InChI is InChI=1S/C19H26F6N4/c1-17(2,11-26)12-27-16(29-6-4-3-5-7-29)28-15-9-13(18(20,21)22)8-14(10-15)19(23,24)25/h8-10H,3-7,11-12,26H2,1-2H3,(H,27,28). The Morgan fingerprint density at radius 3 is 1.93 bits per heavy atom. The number of benzene rings is 1. The van der Waals surface area contributed by atoms with Crippen molar-refractivity contribution in [2.24, 2.45) is 16.1 Å². The monoisotopic (exact) mass is 424 g/mol. The van der Waals surface area contributed by atoms with E-state index in [-0.39, 0.29) is 29.7 Å². The highest BCUT2D eigenvalue weighted by Crippen LogP contribution is 2.37. The van der Waals surface area contributed by atoms with E-state index in [4.69, 9.17) is 5.73 Å². The number of nitrogens with zero attached hydrogens (tertiary/aromatic N) is 2. The molecule has 0 amide bonds. The van der Waals surface area contributed by atoms with Gasteiger partial charge in [-0.15, -0.1) is 0 Å². The zero-order valence-corrected chi connectivity index (χ0v) is 16.4. The smallest absolute Gasteiger partial charge is 0.343 e. The van der Waals surface area contributed by atoms with E-state index in [9.17, 15) is 26.3 Å². The van der Waals surface area contributed by atoms with E-state index in [1.807, 2.05) is 18.7 Å². The van der Waals surface area contributed by atoms with Crippen LogP contribution in [0.1, 0.15) is 44.2 Å². The van der Waals surface area contributed by atoms with Crippen LogP contribution >= 0.6 is 0 Å². The van der Waals surface area contributed by atoms with Gasteiger partial charge in [0.2, 0.25) is 0 Å². The number of alkyl halides is 6. The van der Waals surface area contributed by atoms with E-state index in [0.29, 0.717) is 31.8 Å². The summed E-state index contributed by atoms with van der Waals surface area (Å²) in [5.74, 6) is 0.263. The first-order chi connectivity index (χ1) is 13.3. The summed E-state index contributed by atoms with van der Waals surface area (Å²) in [5, 5.41) is 2.71. The van der Waals surface area contributed by atoms with Gasteiger partial charge in [0.25, 0.3) is 0 Å². The van der Waals surface area contributed by atoms with E-state index in [0.717, 1.165) is 19.3 Å². The maximum absolute atomic E-state index is 13.1. The number of hydrogen-bond donors (Lipinski definition) is 2. The molecule has 0 unspecified atom stereocenters. The van der Waals surface area contributed by atoms with E-state index in [2.05, 4.69) is 10.3 Å². The fourth-order valence-electron chi connectivity index (χ4n) is 2.83. The lowest BCUT2D eigenvalue weighted by molar-refractivity contribution is -0.143. The number of anilines is 1. The summed E-state index contributed by atoms with van der Waals surface area (Å²) in [6.07, 6.45) is -7.04. The average Bonchev–Trinajstić information content (AvgIpc) is 2.64. The number of nitrogens with two attached hydrogens (primary N) is 1. The van der Waals surface area contributed by atoms with Gasteiger partial charge in [0.05, 0.1) is 11.1 Å². The highest BCUT2D eigenvalue weighted by Gasteiger charge is 2.37. The van der Waals surface area contributed by atoms with Gasteiger partial charge in [0.15, 0.2) is 5.96 Å². The molecule has 0 aliphatic carbocycles. The van der Waals surface area contributed by atoms with Crippen molar-refractivity contribution in [3.63, 3.8) is 0 Å². The van der Waals surface area contributed by atoms with Crippen molar-refractivity contribution >= 4 is 11.6 Å². The third kappa shape index (κ3) is 6.80. The van der Waals surface area contributed by atoms with Crippen LogP contribution in [-0.2, 0) is 12.4 Å². The van der Waals surface area contributed by atoms with Crippen LogP contribution in [0, 0.1) is 5.41 Å². The van der Waals surface area contributed by atoms with E-state index in [1.165, 1.54) is 0 Å². The lowest BCUT2D eigenvalue weighted by atomic mass is 9.94. The van der Waals surface area contributed by atoms with E-state index >= 15 is 0 Å². The van der Waals surface area contributed by atoms with Gasteiger partial charge < -0.3 is 16.0 Å². The Balaban J connectivity index is 2.41. The largest absolute Gasteiger partial charge is 0.416 e. The average molecular weight is 424 g/mol. The molecule has 1 aromatic rings. The zero-order valence-electron chi connectivity index (χ0n) is 16.4. The van der Waals surface area contributed by atoms with Crippen LogP contribution in [0.2, 0.25) is 0 Å². The second kappa shape index (κ2) is 8.81. The quantitative estimate of drug-likeness (QED) is 0.408. The van der Waals surface area contributed by atoms with Crippen LogP contribution in [0.4, 0.5) is 32.0 Å². The molecule has 1 heterocycles. The predicted octanol–water partition coefficient (Wildman–Crippen LogP) is 4.96. The number of aliphatic imine (C=N–C) groups is 1. The van der Waals surface area contributed by atoms with Crippen molar-refractivity contribution in [3.05, 3.63) is 29.3 Å². The Morgan fingerprint density at radius 1 is 0.966 bits per heavy atom. The predicted molar refractivity (Wildman–Crippen MR) is 101 cm³/mol. The van der Waals surface area contributed by atoms with Crippen LogP contribution in [0.5, 0.6) is 0 Å². The van der Waals surface area contributed by atoms with Crippen LogP contribution < -0.4 is 11.1 Å². The maximum atomic E-state index is 13.1. The summed E-state index contributed by atoms with van der Waals surface area (Å²) in [6, 6.07) is 1.45. The normalized spacial score (nSPS) is 16.9. The van der Waals surface area contributed by atoms with Crippen molar-refractivity contribution in [3.8, 4) is 0 Å². The summed E-state index contributed by atoms with van der Waals surface area (Å²) in [6.45, 7) is 5.64. The Bertz CT molecular complexity index is 686. The van der Waals surface area contributed by atoms with Crippen LogP contribution in [0.3, 0.4) is 0 Å². The van der Waals surface area contributed by atoms with Crippen LogP contribution in [-0.4, -0.2) is 37.0 Å². The van der Waals surface area contributed by atoms with Gasteiger partial charge in [-0.1, -0.05) is 13.8 Å². The number of halogens is 6. The molecule has 0 bridgehead atoms. The van der Waals surface area contributed by atoms with Gasteiger partial charge in [-0.2, -0.15) is 26.3 Å². The molecule has 1 aromatic carbocycles. The third-order valence-electron chi connectivity index (χ3n) is 4.71. The van der Waals surface area contributed by atoms with Gasteiger partial charge in [0.1, 0.15) is 0 Å². The van der Waals surface area contributed by atoms with E-state index in [1.54, 1.807) is 0 Å². The molecular weight excluding hydrogens is 398 g/mol. The maximum Gasteiger partial charge on any atom is 0.416 e. The molecule has 0 aromatic heterocycles. The molecule has 3 N–H and O–H groups in total. The summed E-state index contributed by atoms with van der Waals surface area (Å²) in [5.41, 5.74) is 2.32. The molecule has 0 saturated carbocycles. The number of likely N-dealkylation sites (tertiary alicyclic amines) is 1. The Labute approximate surface area is 166 Å². The van der Waals surface area contributed by atoms with Crippen molar-refractivity contribution in [2.75, 3.05) is 31.5 Å². The number of nitrogens with one attached hydrogen (secondary N) is 1. The molecule has 164 valence electrons. The molecule has 0 atom stereocenters. The van der Waals surface area contributed by atoms with Crippen molar-refractivity contribution in [1.29, 1.82) is 0 Å².